The molecule has 1 heterocycles. The van der Waals surface area contributed by atoms with Crippen LogP contribution in [0.2, 0.25) is 0 Å². The quantitative estimate of drug-likeness (QED) is 0.446. The smallest absolute Gasteiger partial charge is 0.294 e. The van der Waals surface area contributed by atoms with E-state index >= 15 is 0 Å². The Morgan fingerprint density at radius 1 is 1.09 bits per heavy atom. The van der Waals surface area contributed by atoms with Crippen LogP contribution in [0.3, 0.4) is 0 Å². The van der Waals surface area contributed by atoms with Crippen LogP contribution in [0.1, 0.15) is 43.0 Å². The van der Waals surface area contributed by atoms with Gasteiger partial charge in [-0.15, -0.1) is 0 Å². The highest BCUT2D eigenvalue weighted by Gasteiger charge is 2.22. The summed E-state index contributed by atoms with van der Waals surface area (Å²) in [5.74, 6) is -0.914. The number of Topliss-reactive ketones (excluding diaryl/α,β-unsaturated/α-hetero) is 1. The van der Waals surface area contributed by atoms with Gasteiger partial charge >= 0.3 is 0 Å². The van der Waals surface area contributed by atoms with E-state index in [0.29, 0.717) is 5.56 Å². The Morgan fingerprint density at radius 3 is 2.50 bits per heavy atom. The summed E-state index contributed by atoms with van der Waals surface area (Å²) in [7, 11) is 3.20. The average molecular weight is 300 g/mol. The lowest BCUT2D eigenvalue weighted by Crippen LogP contribution is -2.29. The van der Waals surface area contributed by atoms with Crippen molar-refractivity contribution in [2.45, 2.75) is 39.2 Å². The molecule has 0 aliphatic carbocycles. The molecule has 0 radical (unpaired) electrons. The van der Waals surface area contributed by atoms with Crippen LogP contribution in [-0.2, 0) is 11.3 Å². The molecule has 22 heavy (non-hydrogen) atoms. The zero-order chi connectivity index (χ0) is 16.1. The topological polar surface area (TPSA) is 42.3 Å². The van der Waals surface area contributed by atoms with Gasteiger partial charge in [0.15, 0.2) is 0 Å². The minimum atomic E-state index is -0.478. The van der Waals surface area contributed by atoms with E-state index in [1.54, 1.807) is 14.1 Å². The van der Waals surface area contributed by atoms with Crippen molar-refractivity contribution in [1.29, 1.82) is 0 Å². The second kappa shape index (κ2) is 7.25. The zero-order valence-electron chi connectivity index (χ0n) is 13.6. The highest BCUT2D eigenvalue weighted by atomic mass is 16.2. The molecule has 4 nitrogen and oxygen atoms in total. The third-order valence-corrected chi connectivity index (χ3v) is 3.89. The number of carbonyl (C=O) groups excluding carboxylic acids is 2. The van der Waals surface area contributed by atoms with Crippen molar-refractivity contribution in [1.82, 2.24) is 9.47 Å². The summed E-state index contributed by atoms with van der Waals surface area (Å²) in [5.41, 5.74) is 1.53. The van der Waals surface area contributed by atoms with E-state index < -0.39 is 11.7 Å². The minimum absolute atomic E-state index is 0.437. The van der Waals surface area contributed by atoms with Gasteiger partial charge in [0.1, 0.15) is 0 Å². The lowest BCUT2D eigenvalue weighted by atomic mass is 10.1. The fourth-order valence-electron chi connectivity index (χ4n) is 2.64. The van der Waals surface area contributed by atoms with Gasteiger partial charge in [-0.1, -0.05) is 44.4 Å². The Kier molecular flexibility index (Phi) is 5.36. The van der Waals surface area contributed by atoms with E-state index in [4.69, 9.17) is 0 Å². The number of nitrogens with zero attached hydrogens (tertiary/aromatic N) is 2. The molecule has 1 aromatic carbocycles. The Bertz CT molecular complexity index is 671. The summed E-state index contributed by atoms with van der Waals surface area (Å²) in [6.07, 6.45) is 6.53. The maximum Gasteiger partial charge on any atom is 0.294 e. The summed E-state index contributed by atoms with van der Waals surface area (Å²) < 4.78 is 2.10. The van der Waals surface area contributed by atoms with Gasteiger partial charge in [0.2, 0.25) is 0 Å². The van der Waals surface area contributed by atoms with Crippen LogP contribution in [0.25, 0.3) is 10.9 Å². The number of rotatable bonds is 7. The lowest BCUT2D eigenvalue weighted by molar-refractivity contribution is -0.124. The number of aryl methyl sites for hydroxylation is 1. The number of likely N-dealkylation sites (N-methyl/N-ethyl adjacent to an activating group) is 1. The van der Waals surface area contributed by atoms with Crippen molar-refractivity contribution in [3.8, 4) is 0 Å². The summed E-state index contributed by atoms with van der Waals surface area (Å²) in [4.78, 5) is 25.7. The Balaban J connectivity index is 2.31. The molecule has 0 saturated heterocycles. The van der Waals surface area contributed by atoms with Crippen LogP contribution >= 0.6 is 0 Å². The van der Waals surface area contributed by atoms with E-state index in [-0.39, 0.29) is 0 Å². The lowest BCUT2D eigenvalue weighted by Gasteiger charge is -2.07. The van der Waals surface area contributed by atoms with Gasteiger partial charge in [-0.2, -0.15) is 0 Å². The molecule has 2 aromatic rings. The second-order valence-corrected chi connectivity index (χ2v) is 5.84. The molecule has 0 bridgehead atoms. The largest absolute Gasteiger partial charge is 0.347 e. The van der Waals surface area contributed by atoms with E-state index in [1.807, 2.05) is 30.5 Å². The number of amides is 1. The van der Waals surface area contributed by atoms with Gasteiger partial charge in [-0.3, -0.25) is 9.59 Å². The molecule has 4 heteroatoms. The molecule has 0 saturated carbocycles. The van der Waals surface area contributed by atoms with Crippen LogP contribution in [0, 0.1) is 0 Å². The molecule has 0 unspecified atom stereocenters. The normalized spacial score (nSPS) is 10.9. The van der Waals surface area contributed by atoms with Crippen LogP contribution in [0.4, 0.5) is 0 Å². The first kappa shape index (κ1) is 16.3. The maximum atomic E-state index is 12.4. The van der Waals surface area contributed by atoms with Gasteiger partial charge in [-0.25, -0.2) is 0 Å². The van der Waals surface area contributed by atoms with Crippen LogP contribution in [0.5, 0.6) is 0 Å². The zero-order valence-corrected chi connectivity index (χ0v) is 13.6. The predicted molar refractivity (Wildman–Crippen MR) is 89.1 cm³/mol. The van der Waals surface area contributed by atoms with Gasteiger partial charge in [0, 0.05) is 37.7 Å². The molecule has 0 spiro atoms. The average Bonchev–Trinajstić information content (AvgIpc) is 2.89. The molecular weight excluding hydrogens is 276 g/mol. The molecule has 1 amide bonds. The maximum absolute atomic E-state index is 12.4. The van der Waals surface area contributed by atoms with Crippen molar-refractivity contribution in [3.05, 3.63) is 36.0 Å². The summed E-state index contributed by atoms with van der Waals surface area (Å²) in [5, 5.41) is 0.859. The number of benzene rings is 1. The molecule has 0 aliphatic heterocycles. The number of para-hydroxylation sites is 1. The first-order valence-corrected chi connectivity index (χ1v) is 7.90. The Labute approximate surface area is 131 Å². The Hall–Kier alpha value is -2.10. The molecule has 1 aromatic heterocycles. The standard InChI is InChI=1S/C18H24N2O2/c1-4-5-6-9-12-20-13-15(17(21)18(22)19(2)3)14-10-7-8-11-16(14)20/h7-8,10-11,13H,4-6,9,12H2,1-3H3. The summed E-state index contributed by atoms with van der Waals surface area (Å²) in [6, 6.07) is 7.79. The molecule has 0 atom stereocenters. The van der Waals surface area contributed by atoms with Crippen molar-refractivity contribution in [2.24, 2.45) is 0 Å². The number of carbonyl (C=O) groups is 2. The number of ketones is 1. The van der Waals surface area contributed by atoms with Crippen molar-refractivity contribution in [2.75, 3.05) is 14.1 Å². The third kappa shape index (κ3) is 3.38. The van der Waals surface area contributed by atoms with Crippen molar-refractivity contribution < 1.29 is 9.59 Å². The second-order valence-electron chi connectivity index (χ2n) is 5.84. The van der Waals surface area contributed by atoms with Crippen LogP contribution in [0.15, 0.2) is 30.5 Å². The number of aromatic nitrogens is 1. The SMILES string of the molecule is CCCCCCn1cc(C(=O)C(=O)N(C)C)c2ccccc21. The monoisotopic (exact) mass is 300 g/mol. The summed E-state index contributed by atoms with van der Waals surface area (Å²) >= 11 is 0. The van der Waals surface area contributed by atoms with Gasteiger partial charge in [-0.05, 0) is 12.5 Å². The first-order chi connectivity index (χ1) is 10.6. The van der Waals surface area contributed by atoms with E-state index in [0.717, 1.165) is 23.9 Å². The van der Waals surface area contributed by atoms with Crippen LogP contribution in [-0.4, -0.2) is 35.3 Å². The van der Waals surface area contributed by atoms with Gasteiger partial charge < -0.3 is 9.47 Å². The Morgan fingerprint density at radius 2 is 1.82 bits per heavy atom. The number of hydrogen-bond donors (Lipinski definition) is 0. The highest BCUT2D eigenvalue weighted by molar-refractivity contribution is 6.44. The van der Waals surface area contributed by atoms with Crippen molar-refractivity contribution in [3.63, 3.8) is 0 Å². The molecule has 0 aliphatic rings. The highest BCUT2D eigenvalue weighted by Crippen LogP contribution is 2.23. The van der Waals surface area contributed by atoms with E-state index in [1.165, 1.54) is 24.2 Å². The number of unbranched alkanes of at least 4 members (excludes halogenated alkanes) is 3. The third-order valence-electron chi connectivity index (χ3n) is 3.89. The molecule has 0 fully saturated rings. The van der Waals surface area contributed by atoms with Gasteiger partial charge in [0.05, 0.1) is 5.56 Å². The molecular formula is C18H24N2O2. The first-order valence-electron chi connectivity index (χ1n) is 7.90. The van der Waals surface area contributed by atoms with Crippen LogP contribution < -0.4 is 0 Å². The summed E-state index contributed by atoms with van der Waals surface area (Å²) in [6.45, 7) is 3.07. The fourth-order valence-corrected chi connectivity index (χ4v) is 2.64. The number of hydrogen-bond acceptors (Lipinski definition) is 2. The van der Waals surface area contributed by atoms with Gasteiger partial charge in [0.25, 0.3) is 11.7 Å². The number of fused-ring (bicyclic) bond motifs is 1. The molecule has 118 valence electrons. The fraction of sp³-hybridized carbons (Fsp3) is 0.444. The van der Waals surface area contributed by atoms with Crippen molar-refractivity contribution >= 4 is 22.6 Å². The minimum Gasteiger partial charge on any atom is -0.347 e. The van der Waals surface area contributed by atoms with E-state index in [9.17, 15) is 9.59 Å². The molecule has 2 rings (SSSR count). The predicted octanol–water partition coefficient (Wildman–Crippen LogP) is 3.49. The molecule has 0 N–H and O–H groups in total. The van der Waals surface area contributed by atoms with E-state index in [2.05, 4.69) is 11.5 Å².